The third kappa shape index (κ3) is 3.40. The van der Waals surface area contributed by atoms with Crippen LogP contribution in [-0.4, -0.2) is 36.0 Å². The summed E-state index contributed by atoms with van der Waals surface area (Å²) in [5, 5.41) is 0. The van der Waals surface area contributed by atoms with Crippen LogP contribution in [0.5, 0.6) is 5.75 Å². The maximum absolute atomic E-state index is 12.7. The number of hydrogen-bond acceptors (Lipinski definition) is 3. The van der Waals surface area contributed by atoms with Crippen molar-refractivity contribution in [1.29, 1.82) is 0 Å². The molecular weight excluding hydrogens is 287 g/mol. The standard InChI is InChI=1S/C6HF5O4S.Mg.2H/c7-1-2(8)4(10)6(5(11)3(1)9)15-16(12,13)14;;;/h(H,12,13,14);;;/q;+2;2*-1. The Morgan fingerprint density at radius 1 is 0.882 bits per heavy atom. The minimum Gasteiger partial charge on any atom is -1.00 e. The molecule has 0 aliphatic heterocycles. The minimum absolute atomic E-state index is 0. The Balaban J connectivity index is -0.000000853. The molecule has 1 rings (SSSR count). The number of benzene rings is 1. The van der Waals surface area contributed by atoms with Gasteiger partial charge in [-0.3, -0.25) is 4.55 Å². The van der Waals surface area contributed by atoms with E-state index in [1.165, 1.54) is 0 Å². The molecule has 4 nitrogen and oxygen atoms in total. The number of rotatable bonds is 2. The average Bonchev–Trinajstić information content (AvgIpc) is 2.17. The molecule has 17 heavy (non-hydrogen) atoms. The molecule has 0 heterocycles. The third-order valence-corrected chi connectivity index (χ3v) is 1.74. The fourth-order valence-corrected chi connectivity index (χ4v) is 1.12. The molecule has 0 saturated carbocycles. The zero-order valence-corrected chi connectivity index (χ0v) is 9.91. The zero-order chi connectivity index (χ0) is 12.7. The van der Waals surface area contributed by atoms with Crippen molar-refractivity contribution in [3.05, 3.63) is 29.1 Å². The van der Waals surface area contributed by atoms with Gasteiger partial charge in [0, 0.05) is 0 Å². The van der Waals surface area contributed by atoms with Crippen molar-refractivity contribution >= 4 is 33.5 Å². The van der Waals surface area contributed by atoms with Gasteiger partial charge in [-0.15, -0.1) is 0 Å². The van der Waals surface area contributed by atoms with E-state index in [1.54, 1.807) is 0 Å². The average molecular weight is 290 g/mol. The van der Waals surface area contributed by atoms with Crippen molar-refractivity contribution < 1.29 is 42.0 Å². The smallest absolute Gasteiger partial charge is 1.00 e. The third-order valence-electron chi connectivity index (χ3n) is 1.36. The molecule has 0 fully saturated rings. The molecule has 0 unspecified atom stereocenters. The van der Waals surface area contributed by atoms with E-state index in [9.17, 15) is 30.4 Å². The molecule has 1 N–H and O–H groups in total. The van der Waals surface area contributed by atoms with Gasteiger partial charge in [-0.2, -0.15) is 17.2 Å². The van der Waals surface area contributed by atoms with Crippen molar-refractivity contribution in [2.24, 2.45) is 0 Å². The SMILES string of the molecule is O=S(=O)(O)Oc1c(F)c(F)c(F)c(F)c1F.[H-].[H-].[Mg+2]. The van der Waals surface area contributed by atoms with Crippen molar-refractivity contribution in [2.75, 3.05) is 0 Å². The van der Waals surface area contributed by atoms with E-state index in [4.69, 9.17) is 4.55 Å². The van der Waals surface area contributed by atoms with Gasteiger partial charge in [0.25, 0.3) is 0 Å². The first-order valence-electron chi connectivity index (χ1n) is 3.33. The Kier molecular flexibility index (Phi) is 5.12. The van der Waals surface area contributed by atoms with Crippen molar-refractivity contribution in [3.8, 4) is 5.75 Å². The van der Waals surface area contributed by atoms with Gasteiger partial charge in [0.05, 0.1) is 0 Å². The van der Waals surface area contributed by atoms with Gasteiger partial charge in [0.15, 0.2) is 0 Å². The maximum atomic E-state index is 12.7. The summed E-state index contributed by atoms with van der Waals surface area (Å²) in [6, 6.07) is 0. The topological polar surface area (TPSA) is 63.6 Å². The Morgan fingerprint density at radius 3 is 1.47 bits per heavy atom. The molecule has 0 atom stereocenters. The number of hydrogen-bond donors (Lipinski definition) is 1. The van der Waals surface area contributed by atoms with Gasteiger partial charge < -0.3 is 7.04 Å². The van der Waals surface area contributed by atoms with E-state index in [0.717, 1.165) is 0 Å². The minimum atomic E-state index is -5.40. The van der Waals surface area contributed by atoms with Crippen LogP contribution in [0.1, 0.15) is 2.85 Å². The van der Waals surface area contributed by atoms with Crippen molar-refractivity contribution in [1.82, 2.24) is 0 Å². The molecule has 11 heteroatoms. The molecule has 0 saturated heterocycles. The Bertz CT molecular complexity index is 526. The summed E-state index contributed by atoms with van der Waals surface area (Å²) in [5.74, 6) is -14.4. The van der Waals surface area contributed by atoms with E-state index in [1.807, 2.05) is 0 Å². The largest absolute Gasteiger partial charge is 2.00 e. The first-order valence-corrected chi connectivity index (χ1v) is 4.70. The first kappa shape index (κ1) is 16.3. The van der Waals surface area contributed by atoms with Gasteiger partial charge in [-0.1, -0.05) is 0 Å². The van der Waals surface area contributed by atoms with Gasteiger partial charge in [0.1, 0.15) is 0 Å². The summed E-state index contributed by atoms with van der Waals surface area (Å²) in [6.07, 6.45) is 0. The van der Waals surface area contributed by atoms with Crippen LogP contribution in [0.2, 0.25) is 0 Å². The summed E-state index contributed by atoms with van der Waals surface area (Å²) >= 11 is 0. The summed E-state index contributed by atoms with van der Waals surface area (Å²) in [7, 11) is -5.40. The van der Waals surface area contributed by atoms with Gasteiger partial charge >= 0.3 is 33.5 Å². The molecular formula is C6H3F5MgO4S. The molecule has 0 spiro atoms. The second-order valence-corrected chi connectivity index (χ2v) is 3.43. The fourth-order valence-electron chi connectivity index (χ4n) is 0.763. The Hall–Kier alpha value is -0.654. The van der Waals surface area contributed by atoms with Crippen LogP contribution in [0.4, 0.5) is 22.0 Å². The fraction of sp³-hybridized carbons (Fsp3) is 0. The van der Waals surface area contributed by atoms with Crippen LogP contribution in [0.3, 0.4) is 0 Å². The number of halogens is 5. The van der Waals surface area contributed by atoms with E-state index in [2.05, 4.69) is 4.18 Å². The van der Waals surface area contributed by atoms with E-state index < -0.39 is 45.2 Å². The molecule has 94 valence electrons. The van der Waals surface area contributed by atoms with E-state index >= 15 is 0 Å². The second-order valence-electron chi connectivity index (χ2n) is 2.41. The molecule has 0 aliphatic carbocycles. The van der Waals surface area contributed by atoms with Crippen LogP contribution < -0.4 is 4.18 Å². The van der Waals surface area contributed by atoms with Crippen LogP contribution >= 0.6 is 0 Å². The van der Waals surface area contributed by atoms with Crippen LogP contribution in [-0.2, 0) is 10.4 Å². The van der Waals surface area contributed by atoms with Gasteiger partial charge in [-0.25, -0.2) is 13.2 Å². The summed E-state index contributed by atoms with van der Waals surface area (Å²) in [6.45, 7) is 0. The maximum Gasteiger partial charge on any atom is 2.00 e. The second kappa shape index (κ2) is 5.33. The molecule has 0 aromatic heterocycles. The molecule has 1 aromatic rings. The zero-order valence-electron chi connectivity index (χ0n) is 9.68. The van der Waals surface area contributed by atoms with Crippen molar-refractivity contribution in [2.45, 2.75) is 0 Å². The van der Waals surface area contributed by atoms with Crippen LogP contribution in [0, 0.1) is 29.1 Å². The van der Waals surface area contributed by atoms with Crippen LogP contribution in [0.15, 0.2) is 0 Å². The molecule has 1 aromatic carbocycles. The van der Waals surface area contributed by atoms with E-state index in [-0.39, 0.29) is 25.9 Å². The first-order chi connectivity index (χ1) is 7.15. The summed E-state index contributed by atoms with van der Waals surface area (Å²) in [5.41, 5.74) is 0. The molecule has 0 amide bonds. The Labute approximate surface area is 110 Å². The van der Waals surface area contributed by atoms with Gasteiger partial charge in [-0.05, 0) is 0 Å². The van der Waals surface area contributed by atoms with Crippen molar-refractivity contribution in [3.63, 3.8) is 0 Å². The van der Waals surface area contributed by atoms with Gasteiger partial charge in [0.2, 0.25) is 34.8 Å². The predicted molar refractivity (Wildman–Crippen MR) is 46.4 cm³/mol. The quantitative estimate of drug-likeness (QED) is 0.294. The molecule has 0 bridgehead atoms. The Morgan fingerprint density at radius 2 is 1.18 bits per heavy atom. The summed E-state index contributed by atoms with van der Waals surface area (Å²) < 4.78 is 94.2. The molecule has 0 aliphatic rings. The predicted octanol–water partition coefficient (Wildman–Crippen LogP) is 1.41. The molecule has 0 radical (unpaired) electrons. The monoisotopic (exact) mass is 290 g/mol. The van der Waals surface area contributed by atoms with Crippen LogP contribution in [0.25, 0.3) is 0 Å². The normalized spacial score (nSPS) is 10.9. The van der Waals surface area contributed by atoms with E-state index in [0.29, 0.717) is 0 Å². The summed E-state index contributed by atoms with van der Waals surface area (Å²) in [4.78, 5) is 0.